The molecule has 0 bridgehead atoms. The number of nitrogens with one attached hydrogen (secondary N) is 2. The first kappa shape index (κ1) is 20.3. The van der Waals surface area contributed by atoms with Crippen LogP contribution in [-0.4, -0.2) is 42.0 Å². The number of amides is 3. The topological polar surface area (TPSA) is 87.5 Å². The molecule has 24 heavy (non-hydrogen) atoms. The van der Waals surface area contributed by atoms with Crippen molar-refractivity contribution in [3.63, 3.8) is 0 Å². The van der Waals surface area contributed by atoms with E-state index in [-0.39, 0.29) is 42.3 Å². The summed E-state index contributed by atoms with van der Waals surface area (Å²) in [6.07, 6.45) is 1.53. The molecule has 4 N–H and O–H groups in total. The average Bonchev–Trinajstić information content (AvgIpc) is 2.55. The van der Waals surface area contributed by atoms with Crippen molar-refractivity contribution in [2.45, 2.75) is 38.8 Å². The van der Waals surface area contributed by atoms with Crippen LogP contribution in [0.25, 0.3) is 0 Å². The molecule has 1 aromatic rings. The molecule has 1 aliphatic rings. The highest BCUT2D eigenvalue weighted by atomic mass is 35.5. The number of urea groups is 1. The van der Waals surface area contributed by atoms with Crippen LogP contribution in [0.4, 0.5) is 10.5 Å². The molecule has 1 saturated heterocycles. The maximum atomic E-state index is 12.3. The van der Waals surface area contributed by atoms with Crippen LogP contribution in [0.3, 0.4) is 0 Å². The number of benzene rings is 1. The Kier molecular flexibility index (Phi) is 8.01. The van der Waals surface area contributed by atoms with Gasteiger partial charge in [0.15, 0.2) is 0 Å². The molecule has 1 aliphatic heterocycles. The van der Waals surface area contributed by atoms with Crippen LogP contribution in [0, 0.1) is 5.92 Å². The van der Waals surface area contributed by atoms with E-state index < -0.39 is 0 Å². The van der Waals surface area contributed by atoms with Gasteiger partial charge < -0.3 is 21.3 Å². The predicted molar refractivity (Wildman–Crippen MR) is 98.3 cm³/mol. The molecule has 1 fully saturated rings. The molecule has 3 amide bonds. The predicted octanol–water partition coefficient (Wildman–Crippen LogP) is 2.20. The van der Waals surface area contributed by atoms with E-state index in [1.807, 2.05) is 49.1 Å². The monoisotopic (exact) mass is 354 g/mol. The number of para-hydroxylation sites is 1. The molecule has 2 atom stereocenters. The van der Waals surface area contributed by atoms with Gasteiger partial charge in [-0.15, -0.1) is 12.4 Å². The fourth-order valence-corrected chi connectivity index (χ4v) is 2.63. The van der Waals surface area contributed by atoms with Crippen molar-refractivity contribution in [2.24, 2.45) is 11.7 Å². The SMILES string of the molecule is CC(N)C(C)C(=O)N1CCC(NC(=O)Nc2ccccc2)CC1.Cl. The molecular weight excluding hydrogens is 328 g/mol. The Bertz CT molecular complexity index is 531. The summed E-state index contributed by atoms with van der Waals surface area (Å²) in [7, 11) is 0. The lowest BCUT2D eigenvalue weighted by Gasteiger charge is -2.34. The van der Waals surface area contributed by atoms with Crippen LogP contribution < -0.4 is 16.4 Å². The van der Waals surface area contributed by atoms with E-state index in [2.05, 4.69) is 10.6 Å². The minimum atomic E-state index is -0.204. The number of nitrogens with two attached hydrogens (primary N) is 1. The minimum Gasteiger partial charge on any atom is -0.342 e. The summed E-state index contributed by atoms with van der Waals surface area (Å²) in [6.45, 7) is 5.04. The third-order valence-corrected chi connectivity index (χ3v) is 4.35. The lowest BCUT2D eigenvalue weighted by atomic mass is 9.99. The van der Waals surface area contributed by atoms with Gasteiger partial charge in [0.05, 0.1) is 5.92 Å². The average molecular weight is 355 g/mol. The fraction of sp³-hybridized carbons (Fsp3) is 0.529. The standard InChI is InChI=1S/C17H26N4O2.ClH/c1-12(13(2)18)16(22)21-10-8-15(9-11-21)20-17(23)19-14-6-4-3-5-7-14;/h3-7,12-13,15H,8-11,18H2,1-2H3,(H2,19,20,23);1H. The summed E-state index contributed by atoms with van der Waals surface area (Å²) in [5.74, 6) is -0.0620. The fourth-order valence-electron chi connectivity index (χ4n) is 2.63. The lowest BCUT2D eigenvalue weighted by molar-refractivity contribution is -0.136. The van der Waals surface area contributed by atoms with E-state index in [1.54, 1.807) is 0 Å². The van der Waals surface area contributed by atoms with Crippen LogP contribution in [0.1, 0.15) is 26.7 Å². The summed E-state index contributed by atoms with van der Waals surface area (Å²) < 4.78 is 0. The first-order valence-corrected chi connectivity index (χ1v) is 8.14. The van der Waals surface area contributed by atoms with Crippen molar-refractivity contribution < 1.29 is 9.59 Å². The maximum Gasteiger partial charge on any atom is 0.319 e. The van der Waals surface area contributed by atoms with E-state index in [1.165, 1.54) is 0 Å². The number of hydrogen-bond acceptors (Lipinski definition) is 3. The number of piperidine rings is 1. The van der Waals surface area contributed by atoms with Gasteiger partial charge in [0, 0.05) is 30.9 Å². The summed E-state index contributed by atoms with van der Waals surface area (Å²) in [4.78, 5) is 26.1. The first-order chi connectivity index (χ1) is 11.0. The van der Waals surface area contributed by atoms with Gasteiger partial charge >= 0.3 is 6.03 Å². The number of carbonyl (C=O) groups is 2. The highest BCUT2D eigenvalue weighted by molar-refractivity contribution is 5.89. The Morgan fingerprint density at radius 2 is 1.75 bits per heavy atom. The quantitative estimate of drug-likeness (QED) is 0.774. The van der Waals surface area contributed by atoms with Gasteiger partial charge in [-0.2, -0.15) is 0 Å². The zero-order valence-corrected chi connectivity index (χ0v) is 15.0. The lowest BCUT2D eigenvalue weighted by Crippen LogP contribution is -2.50. The Hall–Kier alpha value is -1.79. The summed E-state index contributed by atoms with van der Waals surface area (Å²) >= 11 is 0. The maximum absolute atomic E-state index is 12.3. The van der Waals surface area contributed by atoms with Gasteiger partial charge in [-0.05, 0) is 31.9 Å². The van der Waals surface area contributed by atoms with Gasteiger partial charge in [-0.25, -0.2) is 4.79 Å². The summed E-state index contributed by atoms with van der Waals surface area (Å²) in [5.41, 5.74) is 6.56. The van der Waals surface area contributed by atoms with Gasteiger partial charge in [0.1, 0.15) is 0 Å². The Balaban J connectivity index is 0.00000288. The molecule has 0 radical (unpaired) electrons. The van der Waals surface area contributed by atoms with Crippen LogP contribution in [-0.2, 0) is 4.79 Å². The largest absolute Gasteiger partial charge is 0.342 e. The number of halogens is 1. The molecule has 0 saturated carbocycles. The second-order valence-electron chi connectivity index (χ2n) is 6.21. The summed E-state index contributed by atoms with van der Waals surface area (Å²) in [5, 5.41) is 5.78. The molecule has 0 spiro atoms. The molecule has 7 heteroatoms. The van der Waals surface area contributed by atoms with Crippen molar-refractivity contribution in [2.75, 3.05) is 18.4 Å². The minimum absolute atomic E-state index is 0. The molecule has 6 nitrogen and oxygen atoms in total. The van der Waals surface area contributed by atoms with E-state index in [9.17, 15) is 9.59 Å². The van der Waals surface area contributed by atoms with Crippen molar-refractivity contribution in [1.82, 2.24) is 10.2 Å². The molecular formula is C17H27ClN4O2. The Labute approximate surface area is 149 Å². The number of rotatable bonds is 4. The number of nitrogens with zero attached hydrogens (tertiary/aromatic N) is 1. The Morgan fingerprint density at radius 3 is 2.29 bits per heavy atom. The van der Waals surface area contributed by atoms with E-state index in [0.29, 0.717) is 13.1 Å². The zero-order valence-electron chi connectivity index (χ0n) is 14.2. The number of likely N-dealkylation sites (tertiary alicyclic amines) is 1. The van der Waals surface area contributed by atoms with Crippen LogP contribution in [0.2, 0.25) is 0 Å². The summed E-state index contributed by atoms with van der Waals surface area (Å²) in [6, 6.07) is 9.08. The Morgan fingerprint density at radius 1 is 1.17 bits per heavy atom. The molecule has 1 aromatic carbocycles. The highest BCUT2D eigenvalue weighted by Gasteiger charge is 2.28. The van der Waals surface area contributed by atoms with E-state index in [0.717, 1.165) is 18.5 Å². The van der Waals surface area contributed by atoms with Gasteiger partial charge in [-0.1, -0.05) is 25.1 Å². The van der Waals surface area contributed by atoms with Crippen molar-refractivity contribution in [1.29, 1.82) is 0 Å². The molecule has 1 heterocycles. The van der Waals surface area contributed by atoms with E-state index in [4.69, 9.17) is 5.73 Å². The van der Waals surface area contributed by atoms with Crippen molar-refractivity contribution >= 4 is 30.0 Å². The molecule has 134 valence electrons. The van der Waals surface area contributed by atoms with E-state index >= 15 is 0 Å². The van der Waals surface area contributed by atoms with Gasteiger partial charge in [0.25, 0.3) is 0 Å². The highest BCUT2D eigenvalue weighted by Crippen LogP contribution is 2.15. The third-order valence-electron chi connectivity index (χ3n) is 4.35. The van der Waals surface area contributed by atoms with Crippen molar-refractivity contribution in [3.8, 4) is 0 Å². The molecule has 0 aromatic heterocycles. The van der Waals surface area contributed by atoms with Crippen LogP contribution in [0.15, 0.2) is 30.3 Å². The number of hydrogen-bond donors (Lipinski definition) is 3. The van der Waals surface area contributed by atoms with Crippen molar-refractivity contribution in [3.05, 3.63) is 30.3 Å². The molecule has 2 rings (SSSR count). The number of carbonyl (C=O) groups excluding carboxylic acids is 2. The molecule has 0 aliphatic carbocycles. The third kappa shape index (κ3) is 5.69. The van der Waals surface area contributed by atoms with Crippen LogP contribution in [0.5, 0.6) is 0 Å². The second-order valence-corrected chi connectivity index (χ2v) is 6.21. The zero-order chi connectivity index (χ0) is 16.8. The smallest absolute Gasteiger partial charge is 0.319 e. The number of anilines is 1. The van der Waals surface area contributed by atoms with Gasteiger partial charge in [-0.3, -0.25) is 4.79 Å². The first-order valence-electron chi connectivity index (χ1n) is 8.14. The normalized spacial score (nSPS) is 17.4. The van der Waals surface area contributed by atoms with Gasteiger partial charge in [0.2, 0.25) is 5.91 Å². The molecule has 2 unspecified atom stereocenters. The second kappa shape index (κ2) is 9.49. The van der Waals surface area contributed by atoms with Crippen LogP contribution >= 0.6 is 12.4 Å².